The van der Waals surface area contributed by atoms with Crippen molar-refractivity contribution in [3.63, 3.8) is 0 Å². The van der Waals surface area contributed by atoms with Crippen LogP contribution in [0.2, 0.25) is 0 Å². The van der Waals surface area contributed by atoms with E-state index in [0.717, 1.165) is 66.7 Å². The van der Waals surface area contributed by atoms with Gasteiger partial charge < -0.3 is 18.5 Å². The molecule has 5 aromatic carbocycles. The average Bonchev–Trinajstić information content (AvgIpc) is 3.56. The van der Waals surface area contributed by atoms with Crippen LogP contribution in [0.3, 0.4) is 0 Å². The summed E-state index contributed by atoms with van der Waals surface area (Å²) in [5.74, 6) is 1.46. The predicted molar refractivity (Wildman–Crippen MR) is 161 cm³/mol. The summed E-state index contributed by atoms with van der Waals surface area (Å²) in [7, 11) is 3.29. The number of aromatic nitrogens is 1. The lowest BCUT2D eigenvalue weighted by atomic mass is 9.96. The standard InChI is InChI=1S/C34H24N2O5/c1-39-24-16-14-22(15-17-24)35-30-19-18-25(40-2)20-29(30)32(21-10-12-23(13-11-21)36(37)38)33(35)28-8-5-7-27-26-6-3-4-9-31(26)41-34(27)28/h3-20H,1-2H3. The number of nitro benzene ring substituents is 1. The summed E-state index contributed by atoms with van der Waals surface area (Å²) < 4.78 is 19.8. The lowest BCUT2D eigenvalue weighted by Crippen LogP contribution is -1.98. The van der Waals surface area contributed by atoms with Crippen LogP contribution < -0.4 is 9.47 Å². The van der Waals surface area contributed by atoms with Gasteiger partial charge in [-0.3, -0.25) is 10.1 Å². The van der Waals surface area contributed by atoms with Crippen molar-refractivity contribution in [2.45, 2.75) is 0 Å². The zero-order valence-corrected chi connectivity index (χ0v) is 22.3. The van der Waals surface area contributed by atoms with Crippen molar-refractivity contribution in [3.05, 3.63) is 119 Å². The first kappa shape index (κ1) is 24.5. The van der Waals surface area contributed by atoms with Crippen LogP contribution >= 0.6 is 0 Å². The fourth-order valence-electron chi connectivity index (χ4n) is 5.63. The third-order valence-electron chi connectivity index (χ3n) is 7.53. The molecule has 0 atom stereocenters. The summed E-state index contributed by atoms with van der Waals surface area (Å²) in [5, 5.41) is 14.5. The van der Waals surface area contributed by atoms with Crippen LogP contribution in [0.5, 0.6) is 11.5 Å². The van der Waals surface area contributed by atoms with E-state index < -0.39 is 0 Å². The Kier molecular flexibility index (Phi) is 5.71. The van der Waals surface area contributed by atoms with Gasteiger partial charge in [-0.25, -0.2) is 0 Å². The molecule has 0 aliphatic rings. The highest BCUT2D eigenvalue weighted by molar-refractivity contribution is 6.14. The molecule has 7 nitrogen and oxygen atoms in total. The molecule has 0 fully saturated rings. The van der Waals surface area contributed by atoms with Gasteiger partial charge in [-0.05, 0) is 72.3 Å². The van der Waals surface area contributed by atoms with Gasteiger partial charge in [0.25, 0.3) is 5.69 Å². The molecule has 7 aromatic rings. The number of para-hydroxylation sites is 2. The Hall–Kier alpha value is -5.56. The molecule has 0 amide bonds. The molecule has 0 aliphatic carbocycles. The van der Waals surface area contributed by atoms with Gasteiger partial charge in [-0.2, -0.15) is 0 Å². The molecule has 0 unspecified atom stereocenters. The van der Waals surface area contributed by atoms with Gasteiger partial charge in [0, 0.05) is 45.1 Å². The quantitative estimate of drug-likeness (QED) is 0.156. The first-order valence-corrected chi connectivity index (χ1v) is 13.1. The fraction of sp³-hybridized carbons (Fsp3) is 0.0588. The molecule has 0 N–H and O–H groups in total. The van der Waals surface area contributed by atoms with Gasteiger partial charge in [0.05, 0.1) is 30.4 Å². The SMILES string of the molecule is COc1ccc(-n2c(-c3cccc4c3oc3ccccc34)c(-c3ccc([N+](=O)[O-])cc3)c3cc(OC)ccc32)cc1. The molecule has 7 heteroatoms. The Morgan fingerprint density at radius 1 is 0.732 bits per heavy atom. The van der Waals surface area contributed by atoms with Crippen molar-refractivity contribution in [2.24, 2.45) is 0 Å². The highest BCUT2D eigenvalue weighted by Crippen LogP contribution is 2.47. The van der Waals surface area contributed by atoms with E-state index in [2.05, 4.69) is 22.8 Å². The summed E-state index contributed by atoms with van der Waals surface area (Å²) in [6, 6.07) is 34.7. The Morgan fingerprint density at radius 3 is 2.17 bits per heavy atom. The summed E-state index contributed by atoms with van der Waals surface area (Å²) in [4.78, 5) is 11.1. The van der Waals surface area contributed by atoms with Crippen molar-refractivity contribution < 1.29 is 18.8 Å². The first-order valence-electron chi connectivity index (χ1n) is 13.1. The molecule has 0 aliphatic heterocycles. The van der Waals surface area contributed by atoms with Gasteiger partial charge in [0.15, 0.2) is 0 Å². The molecule has 41 heavy (non-hydrogen) atoms. The molecule has 0 saturated carbocycles. The Labute approximate surface area is 234 Å². The average molecular weight is 541 g/mol. The van der Waals surface area contributed by atoms with Gasteiger partial charge in [-0.1, -0.05) is 30.3 Å². The zero-order chi connectivity index (χ0) is 28.1. The van der Waals surface area contributed by atoms with Crippen molar-refractivity contribution >= 4 is 38.5 Å². The van der Waals surface area contributed by atoms with E-state index in [1.54, 1.807) is 26.4 Å². The molecule has 0 spiro atoms. The van der Waals surface area contributed by atoms with Crippen molar-refractivity contribution in [1.82, 2.24) is 4.57 Å². The summed E-state index contributed by atoms with van der Waals surface area (Å²) >= 11 is 0. The van der Waals surface area contributed by atoms with Crippen molar-refractivity contribution in [2.75, 3.05) is 14.2 Å². The Morgan fingerprint density at radius 2 is 1.44 bits per heavy atom. The molecule has 7 rings (SSSR count). The minimum atomic E-state index is -0.385. The van der Waals surface area contributed by atoms with E-state index >= 15 is 0 Å². The van der Waals surface area contributed by atoms with Gasteiger partial charge in [-0.15, -0.1) is 0 Å². The topological polar surface area (TPSA) is 79.7 Å². The van der Waals surface area contributed by atoms with Gasteiger partial charge in [0.2, 0.25) is 0 Å². The molecular weight excluding hydrogens is 516 g/mol. The normalized spacial score (nSPS) is 11.4. The van der Waals surface area contributed by atoms with Crippen molar-refractivity contribution in [3.8, 4) is 39.6 Å². The number of methoxy groups -OCH3 is 2. The summed E-state index contributed by atoms with van der Waals surface area (Å²) in [6.45, 7) is 0. The monoisotopic (exact) mass is 540 g/mol. The maximum atomic E-state index is 11.5. The van der Waals surface area contributed by atoms with E-state index in [4.69, 9.17) is 13.9 Å². The molecule has 0 saturated heterocycles. The van der Waals surface area contributed by atoms with Crippen LogP contribution in [0.4, 0.5) is 5.69 Å². The number of non-ortho nitro benzene ring substituents is 1. The summed E-state index contributed by atoms with van der Waals surface area (Å²) in [6.07, 6.45) is 0. The second-order valence-corrected chi connectivity index (χ2v) is 9.72. The number of nitro groups is 1. The van der Waals surface area contributed by atoms with Crippen LogP contribution in [-0.4, -0.2) is 23.7 Å². The first-order chi connectivity index (χ1) is 20.1. The smallest absolute Gasteiger partial charge is 0.269 e. The Bertz CT molecular complexity index is 2090. The van der Waals surface area contributed by atoms with Gasteiger partial charge >= 0.3 is 0 Å². The third kappa shape index (κ3) is 3.90. The van der Waals surface area contributed by atoms with E-state index in [-0.39, 0.29) is 10.6 Å². The number of benzene rings is 5. The lowest BCUT2D eigenvalue weighted by molar-refractivity contribution is -0.384. The van der Waals surface area contributed by atoms with E-state index in [1.165, 1.54) is 12.1 Å². The number of fused-ring (bicyclic) bond motifs is 4. The number of hydrogen-bond acceptors (Lipinski definition) is 5. The molecule has 200 valence electrons. The summed E-state index contributed by atoms with van der Waals surface area (Å²) in [5.41, 5.74) is 7.04. The fourth-order valence-corrected chi connectivity index (χ4v) is 5.63. The van der Waals surface area contributed by atoms with Crippen LogP contribution in [0.15, 0.2) is 114 Å². The number of nitrogens with zero attached hydrogens (tertiary/aromatic N) is 2. The van der Waals surface area contributed by atoms with E-state index in [0.29, 0.717) is 5.75 Å². The van der Waals surface area contributed by atoms with Crippen LogP contribution in [0.25, 0.3) is 60.9 Å². The lowest BCUT2D eigenvalue weighted by Gasteiger charge is -2.14. The largest absolute Gasteiger partial charge is 0.497 e. The Balaban J connectivity index is 1.64. The van der Waals surface area contributed by atoms with Crippen LogP contribution in [0, 0.1) is 10.1 Å². The maximum absolute atomic E-state index is 11.5. The minimum absolute atomic E-state index is 0.0335. The number of rotatable bonds is 6. The van der Waals surface area contributed by atoms with Crippen LogP contribution in [0.1, 0.15) is 0 Å². The number of hydrogen-bond donors (Lipinski definition) is 0. The van der Waals surface area contributed by atoms with Crippen LogP contribution in [-0.2, 0) is 0 Å². The van der Waals surface area contributed by atoms with Crippen molar-refractivity contribution in [1.29, 1.82) is 0 Å². The van der Waals surface area contributed by atoms with E-state index in [1.807, 2.05) is 66.7 Å². The molecule has 2 heterocycles. The number of ether oxygens (including phenoxy) is 2. The van der Waals surface area contributed by atoms with E-state index in [9.17, 15) is 10.1 Å². The predicted octanol–water partition coefficient (Wildman–Crippen LogP) is 8.79. The zero-order valence-electron chi connectivity index (χ0n) is 22.3. The number of furan rings is 1. The molecular formula is C34H24N2O5. The highest BCUT2D eigenvalue weighted by Gasteiger charge is 2.25. The highest BCUT2D eigenvalue weighted by atomic mass is 16.6. The minimum Gasteiger partial charge on any atom is -0.497 e. The molecule has 2 aromatic heterocycles. The second-order valence-electron chi connectivity index (χ2n) is 9.72. The molecule has 0 radical (unpaired) electrons. The molecule has 0 bridgehead atoms. The maximum Gasteiger partial charge on any atom is 0.269 e. The third-order valence-corrected chi connectivity index (χ3v) is 7.53. The van der Waals surface area contributed by atoms with Gasteiger partial charge in [0.1, 0.15) is 22.7 Å². The second kappa shape index (κ2) is 9.57.